The summed E-state index contributed by atoms with van der Waals surface area (Å²) in [5.41, 5.74) is -0.494. The van der Waals surface area contributed by atoms with Gasteiger partial charge in [-0.25, -0.2) is 25.5 Å². The zero-order valence-electron chi connectivity index (χ0n) is 20.9. The molecule has 8 nitrogen and oxygen atoms in total. The molecule has 0 aromatic heterocycles. The standard InChI is InChI=1S/C26H25F4N3O5S2/c27-21-6-4-18(5-7-21)17-39(35,36)33-14-12-19(13-15-33)25(34)31-22-8-10-24(11-9-22)40(37,38)32-23-3-1-2-20(16-23)26(28,29)30/h1-11,16,19,32H,12-15,17H2,(H,31,34). The second-order valence-corrected chi connectivity index (χ2v) is 12.9. The number of amides is 1. The summed E-state index contributed by atoms with van der Waals surface area (Å²) in [7, 11) is -7.85. The van der Waals surface area contributed by atoms with E-state index in [0.29, 0.717) is 17.3 Å². The Labute approximate surface area is 229 Å². The number of benzene rings is 3. The van der Waals surface area contributed by atoms with Gasteiger partial charge < -0.3 is 5.32 Å². The Bertz CT molecular complexity index is 1570. The highest BCUT2D eigenvalue weighted by Crippen LogP contribution is 2.31. The number of piperidine rings is 1. The summed E-state index contributed by atoms with van der Waals surface area (Å²) in [5, 5.41) is 2.68. The fourth-order valence-electron chi connectivity index (χ4n) is 4.21. The number of alkyl halides is 3. The van der Waals surface area contributed by atoms with Crippen LogP contribution in [0.25, 0.3) is 0 Å². The highest BCUT2D eigenvalue weighted by Gasteiger charge is 2.32. The van der Waals surface area contributed by atoms with Crippen LogP contribution < -0.4 is 10.0 Å². The van der Waals surface area contributed by atoms with Crippen LogP contribution in [0.5, 0.6) is 0 Å². The molecule has 1 aliphatic rings. The molecule has 14 heteroatoms. The summed E-state index contributed by atoms with van der Waals surface area (Å²) < 4.78 is 106. The maximum absolute atomic E-state index is 13.1. The van der Waals surface area contributed by atoms with Crippen LogP contribution in [0.1, 0.15) is 24.0 Å². The van der Waals surface area contributed by atoms with E-state index in [2.05, 4.69) is 10.0 Å². The number of carbonyl (C=O) groups excluding carboxylic acids is 1. The number of sulfonamides is 2. The molecule has 0 aliphatic carbocycles. The van der Waals surface area contributed by atoms with Crippen molar-refractivity contribution < 1.29 is 39.2 Å². The molecule has 1 heterocycles. The summed E-state index contributed by atoms with van der Waals surface area (Å²) in [4.78, 5) is 12.5. The molecule has 2 N–H and O–H groups in total. The second kappa shape index (κ2) is 11.6. The maximum atomic E-state index is 13.1. The molecule has 3 aromatic rings. The van der Waals surface area contributed by atoms with Gasteiger partial charge in [-0.3, -0.25) is 9.52 Å². The molecule has 3 aromatic carbocycles. The number of hydrogen-bond donors (Lipinski definition) is 2. The van der Waals surface area contributed by atoms with Gasteiger partial charge in [-0.05, 0) is 73.0 Å². The molecule has 0 bridgehead atoms. The maximum Gasteiger partial charge on any atom is 0.416 e. The van der Waals surface area contributed by atoms with Crippen molar-refractivity contribution in [2.45, 2.75) is 29.7 Å². The molecule has 214 valence electrons. The van der Waals surface area contributed by atoms with Crippen LogP contribution in [0.3, 0.4) is 0 Å². The average Bonchev–Trinajstić information content (AvgIpc) is 2.90. The zero-order chi connectivity index (χ0) is 29.1. The average molecular weight is 600 g/mol. The molecule has 0 unspecified atom stereocenters. The molecule has 0 radical (unpaired) electrons. The van der Waals surface area contributed by atoms with Gasteiger partial charge in [-0.15, -0.1) is 0 Å². The topological polar surface area (TPSA) is 113 Å². The van der Waals surface area contributed by atoms with Crippen molar-refractivity contribution in [1.29, 1.82) is 0 Å². The first-order valence-corrected chi connectivity index (χ1v) is 15.2. The summed E-state index contributed by atoms with van der Waals surface area (Å²) in [6.07, 6.45) is -4.07. The Morgan fingerprint density at radius 2 is 1.50 bits per heavy atom. The Morgan fingerprint density at radius 3 is 2.10 bits per heavy atom. The number of nitrogens with zero attached hydrogens (tertiary/aromatic N) is 1. The van der Waals surface area contributed by atoms with Gasteiger partial charge in [0.2, 0.25) is 15.9 Å². The Morgan fingerprint density at radius 1 is 0.875 bits per heavy atom. The van der Waals surface area contributed by atoms with Crippen molar-refractivity contribution in [3.63, 3.8) is 0 Å². The minimum atomic E-state index is -4.63. The third-order valence-electron chi connectivity index (χ3n) is 6.35. The monoisotopic (exact) mass is 599 g/mol. The van der Waals surface area contributed by atoms with Crippen LogP contribution in [0, 0.1) is 11.7 Å². The minimum Gasteiger partial charge on any atom is -0.326 e. The van der Waals surface area contributed by atoms with Gasteiger partial charge in [-0.1, -0.05) is 18.2 Å². The fourth-order valence-corrected chi connectivity index (χ4v) is 6.83. The smallest absolute Gasteiger partial charge is 0.326 e. The lowest BCUT2D eigenvalue weighted by molar-refractivity contribution is -0.137. The molecular weight excluding hydrogens is 574 g/mol. The van der Waals surface area contributed by atoms with E-state index < -0.39 is 43.5 Å². The van der Waals surface area contributed by atoms with Gasteiger partial charge in [0.15, 0.2) is 0 Å². The van der Waals surface area contributed by atoms with Crippen LogP contribution in [0.15, 0.2) is 77.7 Å². The largest absolute Gasteiger partial charge is 0.416 e. The lowest BCUT2D eigenvalue weighted by Gasteiger charge is -2.30. The Balaban J connectivity index is 1.32. The molecule has 0 spiro atoms. The Hall–Kier alpha value is -3.49. The van der Waals surface area contributed by atoms with Crippen LogP contribution in [-0.2, 0) is 36.8 Å². The molecule has 1 fully saturated rings. The molecular formula is C26H25F4N3O5S2. The van der Waals surface area contributed by atoms with E-state index in [4.69, 9.17) is 0 Å². The lowest BCUT2D eigenvalue weighted by atomic mass is 9.97. The van der Waals surface area contributed by atoms with Gasteiger partial charge in [-0.2, -0.15) is 13.2 Å². The van der Waals surface area contributed by atoms with Crippen molar-refractivity contribution >= 4 is 37.3 Å². The van der Waals surface area contributed by atoms with Crippen molar-refractivity contribution in [1.82, 2.24) is 4.31 Å². The van der Waals surface area contributed by atoms with E-state index in [-0.39, 0.29) is 48.2 Å². The normalized spacial score (nSPS) is 15.5. The van der Waals surface area contributed by atoms with Crippen LogP contribution in [0.4, 0.5) is 28.9 Å². The minimum absolute atomic E-state index is 0.139. The molecule has 0 saturated carbocycles. The summed E-state index contributed by atoms with van der Waals surface area (Å²) in [6, 6.07) is 14.1. The quantitative estimate of drug-likeness (QED) is 0.361. The van der Waals surface area contributed by atoms with Crippen molar-refractivity contribution in [3.8, 4) is 0 Å². The molecule has 40 heavy (non-hydrogen) atoms. The highest BCUT2D eigenvalue weighted by molar-refractivity contribution is 7.92. The first-order valence-electron chi connectivity index (χ1n) is 12.1. The van der Waals surface area contributed by atoms with Crippen molar-refractivity contribution in [2.75, 3.05) is 23.1 Å². The van der Waals surface area contributed by atoms with Crippen molar-refractivity contribution in [2.24, 2.45) is 5.92 Å². The van der Waals surface area contributed by atoms with E-state index in [1.165, 1.54) is 58.9 Å². The van der Waals surface area contributed by atoms with Gasteiger partial charge in [0.05, 0.1) is 16.2 Å². The fraction of sp³-hybridized carbons (Fsp3) is 0.269. The van der Waals surface area contributed by atoms with E-state index in [0.717, 1.165) is 12.1 Å². The SMILES string of the molecule is O=C(Nc1ccc(S(=O)(=O)Nc2cccc(C(F)(F)F)c2)cc1)C1CCN(S(=O)(=O)Cc2ccc(F)cc2)CC1. The molecule has 1 saturated heterocycles. The van der Waals surface area contributed by atoms with Crippen LogP contribution in [0.2, 0.25) is 0 Å². The summed E-state index contributed by atoms with van der Waals surface area (Å²) >= 11 is 0. The third kappa shape index (κ3) is 7.37. The molecule has 1 amide bonds. The van der Waals surface area contributed by atoms with E-state index in [9.17, 15) is 39.2 Å². The van der Waals surface area contributed by atoms with E-state index in [1.54, 1.807) is 0 Å². The van der Waals surface area contributed by atoms with Crippen LogP contribution in [-0.4, -0.2) is 40.1 Å². The third-order valence-corrected chi connectivity index (χ3v) is 9.60. The summed E-state index contributed by atoms with van der Waals surface area (Å²) in [6.45, 7) is 0.278. The molecule has 4 rings (SSSR count). The van der Waals surface area contributed by atoms with Gasteiger partial charge in [0, 0.05) is 30.4 Å². The number of hydrogen-bond acceptors (Lipinski definition) is 5. The summed E-state index contributed by atoms with van der Waals surface area (Å²) in [5.74, 6) is -1.56. The number of halogens is 4. The molecule has 0 atom stereocenters. The number of anilines is 2. The number of carbonyl (C=O) groups is 1. The Kier molecular flexibility index (Phi) is 8.52. The van der Waals surface area contributed by atoms with E-state index >= 15 is 0 Å². The second-order valence-electron chi connectivity index (χ2n) is 9.25. The molecule has 1 aliphatic heterocycles. The highest BCUT2D eigenvalue weighted by atomic mass is 32.2. The zero-order valence-corrected chi connectivity index (χ0v) is 22.5. The predicted molar refractivity (Wildman–Crippen MR) is 141 cm³/mol. The predicted octanol–water partition coefficient (Wildman–Crippen LogP) is 4.83. The van der Waals surface area contributed by atoms with E-state index in [1.807, 2.05) is 0 Å². The van der Waals surface area contributed by atoms with Gasteiger partial charge in [0.25, 0.3) is 10.0 Å². The van der Waals surface area contributed by atoms with Crippen LogP contribution >= 0.6 is 0 Å². The number of nitrogens with one attached hydrogen (secondary N) is 2. The first kappa shape index (κ1) is 29.5. The number of rotatable bonds is 8. The van der Waals surface area contributed by atoms with Gasteiger partial charge in [0.1, 0.15) is 5.82 Å². The van der Waals surface area contributed by atoms with Crippen molar-refractivity contribution in [3.05, 3.63) is 89.7 Å². The lowest BCUT2D eigenvalue weighted by Crippen LogP contribution is -2.41. The van der Waals surface area contributed by atoms with Gasteiger partial charge >= 0.3 is 6.18 Å². The first-order chi connectivity index (χ1) is 18.7.